The van der Waals surface area contributed by atoms with E-state index in [0.29, 0.717) is 11.1 Å². The molecule has 0 bridgehead atoms. The van der Waals surface area contributed by atoms with Gasteiger partial charge >= 0.3 is 5.97 Å². The number of nitrogens with zero attached hydrogens (tertiary/aromatic N) is 2. The number of piperidine rings is 1. The Morgan fingerprint density at radius 3 is 2.60 bits per heavy atom. The monoisotopic (exact) mass is 295 g/mol. The number of hydrogen-bond acceptors (Lipinski definition) is 5. The van der Waals surface area contributed by atoms with Crippen molar-refractivity contribution in [3.8, 4) is 0 Å². The average Bonchev–Trinajstić information content (AvgIpc) is 3.09. The first-order chi connectivity index (χ1) is 9.60. The summed E-state index contributed by atoms with van der Waals surface area (Å²) in [6.45, 7) is 2.07. The molecular weight excluding hydrogens is 274 g/mol. The van der Waals surface area contributed by atoms with Crippen molar-refractivity contribution in [2.75, 3.05) is 18.0 Å². The highest BCUT2D eigenvalue weighted by Crippen LogP contribution is 2.46. The van der Waals surface area contributed by atoms with Crippen LogP contribution in [-0.2, 0) is 4.79 Å². The van der Waals surface area contributed by atoms with Gasteiger partial charge in [-0.25, -0.2) is 4.98 Å². The van der Waals surface area contributed by atoms with Crippen molar-refractivity contribution < 1.29 is 9.90 Å². The lowest BCUT2D eigenvalue weighted by molar-refractivity contribution is -0.138. The molecule has 5 nitrogen and oxygen atoms in total. The third-order valence-corrected chi connectivity index (χ3v) is 5.77. The van der Waals surface area contributed by atoms with Crippen molar-refractivity contribution in [3.05, 3.63) is 11.1 Å². The van der Waals surface area contributed by atoms with Gasteiger partial charge in [0.1, 0.15) is 6.04 Å². The summed E-state index contributed by atoms with van der Waals surface area (Å²) in [4.78, 5) is 17.6. The van der Waals surface area contributed by atoms with Crippen LogP contribution in [0.2, 0.25) is 0 Å². The number of carboxylic acids is 1. The average molecular weight is 295 g/mol. The summed E-state index contributed by atoms with van der Waals surface area (Å²) in [7, 11) is 0. The number of hydrogen-bond donors (Lipinski definition) is 2. The largest absolute Gasteiger partial charge is 0.480 e. The molecular formula is C14H21N3O2S. The second-order valence-electron chi connectivity index (χ2n) is 6.07. The summed E-state index contributed by atoms with van der Waals surface area (Å²) in [5.41, 5.74) is 6.66. The minimum atomic E-state index is -1.02. The first-order valence-corrected chi connectivity index (χ1v) is 8.16. The molecule has 1 saturated carbocycles. The maximum absolute atomic E-state index is 10.9. The van der Waals surface area contributed by atoms with Crippen LogP contribution in [-0.4, -0.2) is 29.1 Å². The first-order valence-electron chi connectivity index (χ1n) is 7.28. The number of nitrogens with two attached hydrogens (primary N) is 1. The summed E-state index contributed by atoms with van der Waals surface area (Å²) in [6, 6.07) is -1.01. The molecule has 20 heavy (non-hydrogen) atoms. The van der Waals surface area contributed by atoms with E-state index in [-0.39, 0.29) is 0 Å². The van der Waals surface area contributed by atoms with E-state index >= 15 is 0 Å². The molecule has 0 radical (unpaired) electrons. The molecule has 2 fully saturated rings. The zero-order chi connectivity index (χ0) is 14.2. The Morgan fingerprint density at radius 2 is 2.00 bits per heavy atom. The molecule has 110 valence electrons. The van der Waals surface area contributed by atoms with E-state index in [9.17, 15) is 4.79 Å². The summed E-state index contributed by atoms with van der Waals surface area (Å²) < 4.78 is 0. The normalized spacial score (nSPS) is 23.1. The van der Waals surface area contributed by atoms with E-state index in [0.717, 1.165) is 18.2 Å². The molecule has 1 aliphatic carbocycles. The SMILES string of the molecule is NC(C(=O)O)c1csc(N2CCC3(CCCC3)CC2)n1. The molecule has 1 saturated heterocycles. The Hall–Kier alpha value is -1.14. The Labute approximate surface area is 122 Å². The van der Waals surface area contributed by atoms with Gasteiger partial charge in [0.25, 0.3) is 0 Å². The van der Waals surface area contributed by atoms with Gasteiger partial charge in [0.05, 0.1) is 5.69 Å². The molecule has 1 atom stereocenters. The lowest BCUT2D eigenvalue weighted by Crippen LogP contribution is -2.38. The van der Waals surface area contributed by atoms with Crippen molar-refractivity contribution in [3.63, 3.8) is 0 Å². The fourth-order valence-electron chi connectivity index (χ4n) is 3.49. The number of aliphatic carboxylic acids is 1. The van der Waals surface area contributed by atoms with Crippen LogP contribution in [0.1, 0.15) is 50.3 Å². The summed E-state index contributed by atoms with van der Waals surface area (Å²) in [5.74, 6) is -1.02. The van der Waals surface area contributed by atoms with Crippen molar-refractivity contribution in [2.45, 2.75) is 44.6 Å². The van der Waals surface area contributed by atoms with E-state index in [2.05, 4.69) is 9.88 Å². The molecule has 3 rings (SSSR count). The molecule has 2 aliphatic rings. The molecule has 6 heteroatoms. The standard InChI is InChI=1S/C14H21N3O2S/c15-11(12(18)19)10-9-20-13(16-10)17-7-5-14(6-8-17)3-1-2-4-14/h9,11H,1-8,15H2,(H,18,19). The fraction of sp³-hybridized carbons (Fsp3) is 0.714. The third kappa shape index (κ3) is 2.54. The number of anilines is 1. The van der Waals surface area contributed by atoms with Gasteiger partial charge < -0.3 is 15.7 Å². The van der Waals surface area contributed by atoms with Crippen LogP contribution >= 0.6 is 11.3 Å². The Morgan fingerprint density at radius 1 is 1.35 bits per heavy atom. The highest BCUT2D eigenvalue weighted by Gasteiger charge is 2.37. The summed E-state index contributed by atoms with van der Waals surface area (Å²) >= 11 is 1.50. The van der Waals surface area contributed by atoms with Crippen LogP contribution in [0.25, 0.3) is 0 Å². The first kappa shape index (κ1) is 13.8. The van der Waals surface area contributed by atoms with Gasteiger partial charge in [0.15, 0.2) is 5.13 Å². The van der Waals surface area contributed by atoms with Crippen molar-refractivity contribution >= 4 is 22.4 Å². The molecule has 1 aromatic rings. The van der Waals surface area contributed by atoms with Gasteiger partial charge in [0, 0.05) is 18.5 Å². The van der Waals surface area contributed by atoms with Crippen LogP contribution in [0.5, 0.6) is 0 Å². The van der Waals surface area contributed by atoms with Gasteiger partial charge in [0.2, 0.25) is 0 Å². The third-order valence-electron chi connectivity index (χ3n) is 4.85. The Balaban J connectivity index is 1.65. The van der Waals surface area contributed by atoms with E-state index in [1.165, 1.54) is 49.9 Å². The van der Waals surface area contributed by atoms with Gasteiger partial charge in [-0.15, -0.1) is 11.3 Å². The predicted molar refractivity (Wildman–Crippen MR) is 79.0 cm³/mol. The van der Waals surface area contributed by atoms with E-state index in [1.54, 1.807) is 5.38 Å². The number of rotatable bonds is 3. The van der Waals surface area contributed by atoms with Gasteiger partial charge in [-0.05, 0) is 31.1 Å². The lowest BCUT2D eigenvalue weighted by Gasteiger charge is -2.39. The number of carboxylic acid groups (broad SMARTS) is 1. The van der Waals surface area contributed by atoms with E-state index < -0.39 is 12.0 Å². The van der Waals surface area contributed by atoms with Crippen LogP contribution < -0.4 is 10.6 Å². The number of thiazole rings is 1. The number of aromatic nitrogens is 1. The minimum Gasteiger partial charge on any atom is -0.480 e. The minimum absolute atomic E-state index is 0.471. The predicted octanol–water partition coefficient (Wildman–Crippen LogP) is 2.39. The topological polar surface area (TPSA) is 79.5 Å². The zero-order valence-electron chi connectivity index (χ0n) is 11.5. The van der Waals surface area contributed by atoms with Crippen LogP contribution in [0.4, 0.5) is 5.13 Å². The fourth-order valence-corrected chi connectivity index (χ4v) is 4.40. The molecule has 3 N–H and O–H groups in total. The van der Waals surface area contributed by atoms with Gasteiger partial charge in [-0.2, -0.15) is 0 Å². The second-order valence-corrected chi connectivity index (χ2v) is 6.90. The zero-order valence-corrected chi connectivity index (χ0v) is 12.4. The maximum Gasteiger partial charge on any atom is 0.326 e. The van der Waals surface area contributed by atoms with Crippen molar-refractivity contribution in [1.82, 2.24) is 4.98 Å². The summed E-state index contributed by atoms with van der Waals surface area (Å²) in [5, 5.41) is 11.6. The molecule has 1 unspecified atom stereocenters. The van der Waals surface area contributed by atoms with Crippen LogP contribution in [0.3, 0.4) is 0 Å². The van der Waals surface area contributed by atoms with Crippen LogP contribution in [0, 0.1) is 5.41 Å². The van der Waals surface area contributed by atoms with Gasteiger partial charge in [-0.3, -0.25) is 4.79 Å². The maximum atomic E-state index is 10.9. The quantitative estimate of drug-likeness (QED) is 0.895. The number of carbonyl (C=O) groups is 1. The molecule has 2 heterocycles. The van der Waals surface area contributed by atoms with Crippen LogP contribution in [0.15, 0.2) is 5.38 Å². The molecule has 1 spiro atoms. The highest BCUT2D eigenvalue weighted by atomic mass is 32.1. The summed E-state index contributed by atoms with van der Waals surface area (Å²) in [6.07, 6.45) is 8.02. The second kappa shape index (κ2) is 5.33. The Kier molecular flexibility index (Phi) is 3.69. The van der Waals surface area contributed by atoms with E-state index in [1.807, 2.05) is 0 Å². The highest BCUT2D eigenvalue weighted by molar-refractivity contribution is 7.13. The van der Waals surface area contributed by atoms with Crippen molar-refractivity contribution in [2.24, 2.45) is 11.1 Å². The van der Waals surface area contributed by atoms with Crippen molar-refractivity contribution in [1.29, 1.82) is 0 Å². The van der Waals surface area contributed by atoms with E-state index in [4.69, 9.17) is 10.8 Å². The van der Waals surface area contributed by atoms with Gasteiger partial charge in [-0.1, -0.05) is 12.8 Å². The smallest absolute Gasteiger partial charge is 0.326 e. The molecule has 1 aliphatic heterocycles. The molecule has 0 amide bonds. The lowest BCUT2D eigenvalue weighted by atomic mass is 9.77. The Bertz CT molecular complexity index is 486. The molecule has 0 aromatic carbocycles. The molecule has 1 aromatic heterocycles.